The van der Waals surface area contributed by atoms with E-state index in [4.69, 9.17) is 16.3 Å². The number of aryl methyl sites for hydroxylation is 1. The van der Waals surface area contributed by atoms with Crippen LogP contribution >= 0.6 is 11.6 Å². The molecule has 1 N–H and O–H groups in total. The number of benzene rings is 1. The summed E-state index contributed by atoms with van der Waals surface area (Å²) >= 11 is 6.02. The van der Waals surface area contributed by atoms with E-state index in [1.165, 1.54) is 0 Å². The van der Waals surface area contributed by atoms with Crippen LogP contribution in [-0.4, -0.2) is 16.9 Å². The minimum absolute atomic E-state index is 0.132. The van der Waals surface area contributed by atoms with E-state index in [2.05, 4.69) is 24.3 Å². The zero-order chi connectivity index (χ0) is 13.8. The van der Waals surface area contributed by atoms with E-state index in [9.17, 15) is 0 Å². The molecule has 2 rings (SSSR count). The summed E-state index contributed by atoms with van der Waals surface area (Å²) in [6.07, 6.45) is 3.91. The van der Waals surface area contributed by atoms with Crippen molar-refractivity contribution >= 4 is 17.3 Å². The molecule has 102 valence electrons. The molecule has 1 heterocycles. The molecule has 0 aliphatic carbocycles. The second kappa shape index (κ2) is 5.97. The van der Waals surface area contributed by atoms with Gasteiger partial charge in [-0.05, 0) is 32.0 Å². The van der Waals surface area contributed by atoms with Crippen LogP contribution in [0.3, 0.4) is 0 Å². The van der Waals surface area contributed by atoms with E-state index >= 15 is 0 Å². The zero-order valence-corrected chi connectivity index (χ0v) is 12.1. The number of anilines is 1. The van der Waals surface area contributed by atoms with Gasteiger partial charge in [0, 0.05) is 23.3 Å². The molecule has 0 amide bonds. The van der Waals surface area contributed by atoms with Crippen molar-refractivity contribution in [2.45, 2.75) is 26.4 Å². The van der Waals surface area contributed by atoms with E-state index in [0.717, 1.165) is 23.5 Å². The van der Waals surface area contributed by atoms with E-state index in [-0.39, 0.29) is 6.04 Å². The number of hydrogen-bond donors (Lipinski definition) is 1. The lowest BCUT2D eigenvalue weighted by molar-refractivity contribution is 0.416. The fraction of sp³-hybridized carbons (Fsp3) is 0.357. The molecule has 1 unspecified atom stereocenters. The van der Waals surface area contributed by atoms with Crippen molar-refractivity contribution in [1.82, 2.24) is 9.78 Å². The molecule has 0 spiro atoms. The van der Waals surface area contributed by atoms with Crippen LogP contribution in [0.4, 0.5) is 5.69 Å². The molecule has 19 heavy (non-hydrogen) atoms. The number of hydrogen-bond acceptors (Lipinski definition) is 3. The molecule has 1 aromatic heterocycles. The number of methoxy groups -OCH3 is 1. The average molecular weight is 280 g/mol. The van der Waals surface area contributed by atoms with Gasteiger partial charge in [0.2, 0.25) is 0 Å². The molecule has 4 nitrogen and oxygen atoms in total. The minimum atomic E-state index is 0.132. The fourth-order valence-corrected chi connectivity index (χ4v) is 2.06. The van der Waals surface area contributed by atoms with Gasteiger partial charge in [0.1, 0.15) is 5.75 Å². The number of ether oxygens (including phenoxy) is 1. The third kappa shape index (κ3) is 3.20. The first-order valence-electron chi connectivity index (χ1n) is 6.26. The van der Waals surface area contributed by atoms with E-state index in [0.29, 0.717) is 5.02 Å². The summed E-state index contributed by atoms with van der Waals surface area (Å²) in [6, 6.07) is 5.66. The van der Waals surface area contributed by atoms with Crippen molar-refractivity contribution in [1.29, 1.82) is 0 Å². The van der Waals surface area contributed by atoms with Gasteiger partial charge in [0.05, 0.1) is 25.0 Å². The minimum Gasteiger partial charge on any atom is -0.495 e. The third-order valence-corrected chi connectivity index (χ3v) is 3.25. The van der Waals surface area contributed by atoms with Crippen molar-refractivity contribution < 1.29 is 4.74 Å². The highest BCUT2D eigenvalue weighted by atomic mass is 35.5. The van der Waals surface area contributed by atoms with E-state index in [1.54, 1.807) is 7.11 Å². The zero-order valence-electron chi connectivity index (χ0n) is 11.4. The Labute approximate surface area is 118 Å². The standard InChI is InChI=1S/C14H18ClN3O/c1-4-18-9-11(8-16-18)10(2)17-13-7-12(15)5-6-14(13)19-3/h5-10,17H,4H2,1-3H3. The topological polar surface area (TPSA) is 39.1 Å². The van der Waals surface area contributed by atoms with Gasteiger partial charge in [-0.1, -0.05) is 11.6 Å². The largest absolute Gasteiger partial charge is 0.495 e. The molecule has 0 aliphatic heterocycles. The molecule has 2 aromatic rings. The predicted molar refractivity (Wildman–Crippen MR) is 77.9 cm³/mol. The smallest absolute Gasteiger partial charge is 0.142 e. The maximum atomic E-state index is 6.02. The Morgan fingerprint density at radius 3 is 2.89 bits per heavy atom. The Morgan fingerprint density at radius 1 is 1.47 bits per heavy atom. The van der Waals surface area contributed by atoms with Gasteiger partial charge in [0.15, 0.2) is 0 Å². The number of nitrogens with one attached hydrogen (secondary N) is 1. The number of aromatic nitrogens is 2. The lowest BCUT2D eigenvalue weighted by atomic mass is 10.1. The van der Waals surface area contributed by atoms with Gasteiger partial charge in [-0.15, -0.1) is 0 Å². The summed E-state index contributed by atoms with van der Waals surface area (Å²) in [5.74, 6) is 0.777. The number of rotatable bonds is 5. The van der Waals surface area contributed by atoms with Crippen LogP contribution in [0.15, 0.2) is 30.6 Å². The lowest BCUT2D eigenvalue weighted by Crippen LogP contribution is -2.07. The highest BCUT2D eigenvalue weighted by Crippen LogP contribution is 2.30. The van der Waals surface area contributed by atoms with Crippen LogP contribution in [0.1, 0.15) is 25.5 Å². The molecule has 0 radical (unpaired) electrons. The van der Waals surface area contributed by atoms with Crippen molar-refractivity contribution in [2.24, 2.45) is 0 Å². The van der Waals surface area contributed by atoms with Crippen LogP contribution in [0, 0.1) is 0 Å². The van der Waals surface area contributed by atoms with E-state index in [1.807, 2.05) is 35.3 Å². The SMILES string of the molecule is CCn1cc(C(C)Nc2cc(Cl)ccc2OC)cn1. The van der Waals surface area contributed by atoms with Crippen LogP contribution in [0.5, 0.6) is 5.75 Å². The monoisotopic (exact) mass is 279 g/mol. The Morgan fingerprint density at radius 2 is 2.26 bits per heavy atom. The van der Waals surface area contributed by atoms with Crippen molar-refractivity contribution in [2.75, 3.05) is 12.4 Å². The summed E-state index contributed by atoms with van der Waals surface area (Å²) in [7, 11) is 1.65. The van der Waals surface area contributed by atoms with Gasteiger partial charge in [-0.3, -0.25) is 4.68 Å². The lowest BCUT2D eigenvalue weighted by Gasteiger charge is -2.16. The number of halogens is 1. The molecule has 0 bridgehead atoms. The van der Waals surface area contributed by atoms with Crippen LogP contribution in [-0.2, 0) is 6.54 Å². The maximum Gasteiger partial charge on any atom is 0.142 e. The van der Waals surface area contributed by atoms with Gasteiger partial charge in [0.25, 0.3) is 0 Å². The molecule has 0 fully saturated rings. The van der Waals surface area contributed by atoms with Gasteiger partial charge in [-0.25, -0.2) is 0 Å². The Hall–Kier alpha value is -1.68. The second-order valence-electron chi connectivity index (χ2n) is 4.34. The number of nitrogens with zero attached hydrogens (tertiary/aromatic N) is 2. The van der Waals surface area contributed by atoms with Crippen molar-refractivity contribution in [3.63, 3.8) is 0 Å². The normalized spacial score (nSPS) is 12.2. The maximum absolute atomic E-state index is 6.02. The van der Waals surface area contributed by atoms with Gasteiger partial charge in [-0.2, -0.15) is 5.10 Å². The molecule has 0 saturated heterocycles. The molecule has 1 aromatic carbocycles. The Bertz CT molecular complexity index is 553. The van der Waals surface area contributed by atoms with E-state index < -0.39 is 0 Å². The summed E-state index contributed by atoms with van der Waals surface area (Å²) in [6.45, 7) is 5.01. The average Bonchev–Trinajstić information content (AvgIpc) is 2.88. The van der Waals surface area contributed by atoms with Crippen molar-refractivity contribution in [3.8, 4) is 5.75 Å². The summed E-state index contributed by atoms with van der Waals surface area (Å²) in [5, 5.41) is 8.35. The van der Waals surface area contributed by atoms with Gasteiger partial charge < -0.3 is 10.1 Å². The first-order chi connectivity index (χ1) is 9.13. The molecule has 1 atom stereocenters. The molecule has 0 saturated carbocycles. The fourth-order valence-electron chi connectivity index (χ4n) is 1.89. The highest BCUT2D eigenvalue weighted by Gasteiger charge is 2.11. The van der Waals surface area contributed by atoms with Crippen LogP contribution in [0.25, 0.3) is 0 Å². The Kier molecular flexibility index (Phi) is 4.32. The van der Waals surface area contributed by atoms with Gasteiger partial charge >= 0.3 is 0 Å². The Balaban J connectivity index is 2.18. The summed E-state index contributed by atoms with van der Waals surface area (Å²) < 4.78 is 7.23. The molecular formula is C14H18ClN3O. The molecule has 5 heteroatoms. The summed E-state index contributed by atoms with van der Waals surface area (Å²) in [5.41, 5.74) is 2.01. The molecule has 0 aliphatic rings. The third-order valence-electron chi connectivity index (χ3n) is 3.01. The first-order valence-corrected chi connectivity index (χ1v) is 6.64. The van der Waals surface area contributed by atoms with Crippen LogP contribution < -0.4 is 10.1 Å². The molecular weight excluding hydrogens is 262 g/mol. The predicted octanol–water partition coefficient (Wildman–Crippen LogP) is 3.74. The summed E-state index contributed by atoms with van der Waals surface area (Å²) in [4.78, 5) is 0. The second-order valence-corrected chi connectivity index (χ2v) is 4.78. The van der Waals surface area contributed by atoms with Crippen LogP contribution in [0.2, 0.25) is 5.02 Å². The van der Waals surface area contributed by atoms with Crippen molar-refractivity contribution in [3.05, 3.63) is 41.2 Å². The highest BCUT2D eigenvalue weighted by molar-refractivity contribution is 6.30. The first kappa shape index (κ1) is 13.7. The quantitative estimate of drug-likeness (QED) is 0.906.